The summed E-state index contributed by atoms with van der Waals surface area (Å²) in [6.45, 7) is 6.98. The first-order chi connectivity index (χ1) is 13.9. The monoisotopic (exact) mass is 430 g/mol. The Balaban J connectivity index is 1.32. The van der Waals surface area contributed by atoms with Crippen LogP contribution in [0.1, 0.15) is 11.1 Å². The van der Waals surface area contributed by atoms with Crippen LogP contribution < -0.4 is 9.62 Å². The summed E-state index contributed by atoms with van der Waals surface area (Å²) in [4.78, 5) is 4.88. The summed E-state index contributed by atoms with van der Waals surface area (Å²) in [7, 11) is -3.25. The largest absolute Gasteiger partial charge is 0.353 e. The van der Waals surface area contributed by atoms with Gasteiger partial charge in [-0.05, 0) is 54.2 Å². The first kappa shape index (κ1) is 20.1. The second-order valence-electron chi connectivity index (χ2n) is 7.60. The summed E-state index contributed by atoms with van der Waals surface area (Å²) in [5.74, 6) is 1.12. The summed E-state index contributed by atoms with van der Waals surface area (Å²) in [5, 5.41) is 1.25. The van der Waals surface area contributed by atoms with Crippen LogP contribution in [0.2, 0.25) is 0 Å². The third kappa shape index (κ3) is 4.88. The number of hydrogen-bond acceptors (Lipinski definition) is 6. The van der Waals surface area contributed by atoms with Crippen molar-refractivity contribution in [2.75, 3.05) is 48.6 Å². The highest BCUT2D eigenvalue weighted by molar-refractivity contribution is 7.92. The average Bonchev–Trinajstić information content (AvgIpc) is 3.12. The smallest absolute Gasteiger partial charge is 0.229 e. The van der Waals surface area contributed by atoms with Crippen molar-refractivity contribution in [2.45, 2.75) is 13.3 Å². The fraction of sp³-hybridized carbons (Fsp3) is 0.381. The summed E-state index contributed by atoms with van der Waals surface area (Å²) < 4.78 is 31.3. The molecule has 0 unspecified atom stereocenters. The number of sulfonamides is 1. The number of hydrogen-bond donors (Lipinski definition) is 1. The molecule has 1 saturated heterocycles. The van der Waals surface area contributed by atoms with Crippen LogP contribution in [0.3, 0.4) is 0 Å². The van der Waals surface area contributed by atoms with Gasteiger partial charge in [-0.3, -0.25) is 9.62 Å². The zero-order valence-corrected chi connectivity index (χ0v) is 18.4. The van der Waals surface area contributed by atoms with E-state index in [-0.39, 0.29) is 0 Å². The quantitative estimate of drug-likeness (QED) is 0.650. The molecular weight excluding hydrogens is 404 g/mol. The lowest BCUT2D eigenvalue weighted by atomic mass is 10.1. The second-order valence-corrected chi connectivity index (χ2v) is 10.2. The molecule has 0 radical (unpaired) electrons. The molecule has 1 aliphatic heterocycles. The van der Waals surface area contributed by atoms with E-state index in [1.807, 2.05) is 19.1 Å². The molecule has 4 rings (SSSR count). The van der Waals surface area contributed by atoms with Gasteiger partial charge in [-0.1, -0.05) is 24.3 Å². The Bertz CT molecular complexity index is 1100. The zero-order chi connectivity index (χ0) is 20.4. The Morgan fingerprint density at radius 3 is 2.59 bits per heavy atom. The maximum absolute atomic E-state index is 11.4. The molecule has 1 fully saturated rings. The molecule has 8 heteroatoms. The Morgan fingerprint density at radius 2 is 1.86 bits per heavy atom. The number of aryl methyl sites for hydroxylation is 1. The van der Waals surface area contributed by atoms with Gasteiger partial charge in [-0.15, -0.1) is 0 Å². The van der Waals surface area contributed by atoms with E-state index < -0.39 is 10.0 Å². The zero-order valence-electron chi connectivity index (χ0n) is 16.8. The molecule has 0 saturated carbocycles. The van der Waals surface area contributed by atoms with Crippen LogP contribution in [0.25, 0.3) is 10.1 Å². The highest BCUT2D eigenvalue weighted by Gasteiger charge is 2.20. The minimum absolute atomic E-state index is 0.653. The lowest BCUT2D eigenvalue weighted by molar-refractivity contribution is 0.261. The summed E-state index contributed by atoms with van der Waals surface area (Å²) in [5.41, 5.74) is 2.84. The van der Waals surface area contributed by atoms with Crippen LogP contribution in [0, 0.1) is 6.92 Å². The van der Waals surface area contributed by atoms with E-state index in [4.69, 9.17) is 0 Å². The number of rotatable bonds is 6. The van der Waals surface area contributed by atoms with Crippen molar-refractivity contribution in [3.05, 3.63) is 53.6 Å². The molecule has 29 heavy (non-hydrogen) atoms. The van der Waals surface area contributed by atoms with E-state index in [2.05, 4.69) is 49.2 Å². The molecule has 0 spiro atoms. The molecule has 1 aromatic heterocycles. The third-order valence-electron chi connectivity index (χ3n) is 5.33. The first-order valence-corrected chi connectivity index (χ1v) is 12.4. The minimum atomic E-state index is -3.25. The molecule has 154 valence electrons. The molecule has 0 amide bonds. The summed E-state index contributed by atoms with van der Waals surface area (Å²) >= 11 is 1.57. The van der Waals surface area contributed by atoms with E-state index >= 15 is 0 Å². The number of fused-ring (bicyclic) bond motifs is 1. The van der Waals surface area contributed by atoms with E-state index in [1.54, 1.807) is 11.5 Å². The maximum Gasteiger partial charge on any atom is 0.229 e. The second kappa shape index (κ2) is 8.30. The molecule has 2 aromatic carbocycles. The normalized spacial score (nSPS) is 15.7. The van der Waals surface area contributed by atoms with Crippen molar-refractivity contribution in [1.29, 1.82) is 0 Å². The topological polar surface area (TPSA) is 65.5 Å². The molecule has 1 N–H and O–H groups in total. The highest BCUT2D eigenvalue weighted by Crippen LogP contribution is 2.29. The van der Waals surface area contributed by atoms with Gasteiger partial charge in [0.05, 0.1) is 16.6 Å². The van der Waals surface area contributed by atoms with Crippen molar-refractivity contribution in [2.24, 2.45) is 0 Å². The molecule has 0 atom stereocenters. The standard InChI is InChI=1S/C21H26N4O2S2/c1-16-15-17(7-8-19(16)23-29(2,26)27)9-10-24-11-13-25(14-12-24)21-18-5-3-4-6-20(18)28-22-21/h3-8,15,23H,9-14H2,1-2H3. The minimum Gasteiger partial charge on any atom is -0.353 e. The van der Waals surface area contributed by atoms with E-state index in [9.17, 15) is 8.42 Å². The molecule has 0 bridgehead atoms. The van der Waals surface area contributed by atoms with Crippen LogP contribution in [0.15, 0.2) is 42.5 Å². The maximum atomic E-state index is 11.4. The molecule has 1 aliphatic rings. The van der Waals surface area contributed by atoms with Crippen molar-refractivity contribution >= 4 is 43.1 Å². The number of aromatic nitrogens is 1. The Hall–Kier alpha value is -2.16. The number of nitrogens with one attached hydrogen (secondary N) is 1. The predicted octanol–water partition coefficient (Wildman–Crippen LogP) is 3.34. The molecular formula is C21H26N4O2S2. The summed E-state index contributed by atoms with van der Waals surface area (Å²) in [6, 6.07) is 14.4. The SMILES string of the molecule is Cc1cc(CCN2CCN(c3nsc4ccccc34)CC2)ccc1NS(C)(=O)=O. The molecule has 0 aliphatic carbocycles. The van der Waals surface area contributed by atoms with Gasteiger partial charge in [-0.2, -0.15) is 4.37 Å². The van der Waals surface area contributed by atoms with Gasteiger partial charge in [0.1, 0.15) is 5.82 Å². The van der Waals surface area contributed by atoms with Crippen LogP contribution >= 0.6 is 11.5 Å². The number of nitrogens with zero attached hydrogens (tertiary/aromatic N) is 3. The Labute approximate surface area is 176 Å². The van der Waals surface area contributed by atoms with Crippen molar-refractivity contribution in [3.8, 4) is 0 Å². The average molecular weight is 431 g/mol. The molecule has 3 aromatic rings. The van der Waals surface area contributed by atoms with Crippen LogP contribution in [-0.2, 0) is 16.4 Å². The van der Waals surface area contributed by atoms with Gasteiger partial charge < -0.3 is 4.90 Å². The van der Waals surface area contributed by atoms with Gasteiger partial charge in [0.2, 0.25) is 10.0 Å². The molecule has 2 heterocycles. The van der Waals surface area contributed by atoms with Gasteiger partial charge in [0, 0.05) is 38.1 Å². The summed E-state index contributed by atoms with van der Waals surface area (Å²) in [6.07, 6.45) is 2.13. The number of anilines is 2. The highest BCUT2D eigenvalue weighted by atomic mass is 32.2. The lowest BCUT2D eigenvalue weighted by Gasteiger charge is -2.35. The Morgan fingerprint density at radius 1 is 1.10 bits per heavy atom. The van der Waals surface area contributed by atoms with Gasteiger partial charge in [0.15, 0.2) is 0 Å². The first-order valence-electron chi connectivity index (χ1n) is 9.78. The predicted molar refractivity (Wildman–Crippen MR) is 122 cm³/mol. The van der Waals surface area contributed by atoms with Crippen molar-refractivity contribution < 1.29 is 8.42 Å². The van der Waals surface area contributed by atoms with E-state index in [0.29, 0.717) is 5.69 Å². The van der Waals surface area contributed by atoms with Crippen LogP contribution in [0.5, 0.6) is 0 Å². The van der Waals surface area contributed by atoms with Gasteiger partial charge >= 0.3 is 0 Å². The van der Waals surface area contributed by atoms with Crippen molar-refractivity contribution in [1.82, 2.24) is 9.27 Å². The number of benzene rings is 2. The fourth-order valence-electron chi connectivity index (χ4n) is 3.77. The number of piperazine rings is 1. The fourth-order valence-corrected chi connectivity index (χ4v) is 5.19. The Kier molecular flexibility index (Phi) is 5.76. The third-order valence-corrected chi connectivity index (χ3v) is 6.74. The van der Waals surface area contributed by atoms with Crippen LogP contribution in [0.4, 0.5) is 11.5 Å². The van der Waals surface area contributed by atoms with Gasteiger partial charge in [0.25, 0.3) is 0 Å². The van der Waals surface area contributed by atoms with Crippen LogP contribution in [-0.4, -0.2) is 56.7 Å². The van der Waals surface area contributed by atoms with Crippen molar-refractivity contribution in [3.63, 3.8) is 0 Å². The van der Waals surface area contributed by atoms with E-state index in [0.717, 1.165) is 50.5 Å². The molecule has 6 nitrogen and oxygen atoms in total. The van der Waals surface area contributed by atoms with E-state index in [1.165, 1.54) is 21.9 Å². The lowest BCUT2D eigenvalue weighted by Crippen LogP contribution is -2.47. The van der Waals surface area contributed by atoms with Gasteiger partial charge in [-0.25, -0.2) is 8.42 Å².